The quantitative estimate of drug-likeness (QED) is 0.430. The molecule has 0 saturated heterocycles. The van der Waals surface area contributed by atoms with Crippen LogP contribution in [0.15, 0.2) is 52.4 Å². The minimum atomic E-state index is 0.00327. The van der Waals surface area contributed by atoms with Gasteiger partial charge in [0.15, 0.2) is 0 Å². The molecule has 0 radical (unpaired) electrons. The Bertz CT molecular complexity index is 981. The number of carbonyl (C=O) groups excluding carboxylic acids is 1. The third-order valence-electron chi connectivity index (χ3n) is 6.19. The highest BCUT2D eigenvalue weighted by Crippen LogP contribution is 2.35. The molecule has 0 spiro atoms. The molecule has 0 aliphatic heterocycles. The fourth-order valence-corrected chi connectivity index (χ4v) is 5.07. The maximum Gasteiger partial charge on any atom is 0.264 e. The van der Waals surface area contributed by atoms with Gasteiger partial charge in [-0.05, 0) is 24.3 Å². The number of benzene rings is 1. The minimum absolute atomic E-state index is 0.00327. The van der Waals surface area contributed by atoms with E-state index < -0.39 is 0 Å². The largest absolute Gasteiger partial charge is 0.383 e. The third kappa shape index (κ3) is 5.05. The number of methoxy groups -OCH3 is 1. The summed E-state index contributed by atoms with van der Waals surface area (Å²) in [4.78, 5) is 18.1. The number of aromatic nitrogens is 1. The first kappa shape index (κ1) is 22.6. The molecule has 6 nitrogen and oxygen atoms in total. The van der Waals surface area contributed by atoms with Gasteiger partial charge >= 0.3 is 0 Å². The monoisotopic (exact) mass is 453 g/mol. The van der Waals surface area contributed by atoms with Crippen molar-refractivity contribution in [2.75, 3.05) is 32.2 Å². The molecule has 1 amide bonds. The maximum atomic E-state index is 13.3. The summed E-state index contributed by atoms with van der Waals surface area (Å²) in [5.74, 6) is 0.765. The number of ether oxygens (including phenoxy) is 1. The molecular weight excluding hydrogens is 422 g/mol. The summed E-state index contributed by atoms with van der Waals surface area (Å²) in [6.07, 6.45) is 6.07. The average molecular weight is 454 g/mol. The average Bonchev–Trinajstić information content (AvgIpc) is 3.52. The summed E-state index contributed by atoms with van der Waals surface area (Å²) >= 11 is 1.46. The van der Waals surface area contributed by atoms with E-state index in [0.717, 1.165) is 40.4 Å². The molecule has 0 unspecified atom stereocenters. The van der Waals surface area contributed by atoms with Crippen LogP contribution in [0.4, 0.5) is 5.88 Å². The number of hydrogen-bond acceptors (Lipinski definition) is 6. The van der Waals surface area contributed by atoms with E-state index >= 15 is 0 Å². The third-order valence-corrected chi connectivity index (χ3v) is 7.05. The van der Waals surface area contributed by atoms with Gasteiger partial charge in [-0.15, -0.1) is 11.3 Å². The van der Waals surface area contributed by atoms with Gasteiger partial charge in [0.2, 0.25) is 5.88 Å². The second-order valence-corrected chi connectivity index (χ2v) is 9.23. The van der Waals surface area contributed by atoms with Gasteiger partial charge in [0.1, 0.15) is 5.69 Å². The molecule has 0 atom stereocenters. The normalized spacial score (nSPS) is 14.4. The van der Waals surface area contributed by atoms with Crippen molar-refractivity contribution < 1.29 is 14.1 Å². The summed E-state index contributed by atoms with van der Waals surface area (Å²) in [6, 6.07) is 14.3. The zero-order chi connectivity index (χ0) is 22.3. The highest BCUT2D eigenvalue weighted by atomic mass is 32.1. The van der Waals surface area contributed by atoms with Crippen LogP contribution in [0.25, 0.3) is 11.3 Å². The topological polar surface area (TPSA) is 58.8 Å². The van der Waals surface area contributed by atoms with Crippen LogP contribution in [0, 0.1) is 0 Å². The van der Waals surface area contributed by atoms with Crippen LogP contribution in [0.3, 0.4) is 0 Å². The van der Waals surface area contributed by atoms with Gasteiger partial charge in [-0.3, -0.25) is 4.79 Å². The Kier molecular flexibility index (Phi) is 7.60. The molecule has 1 aliphatic carbocycles. The highest BCUT2D eigenvalue weighted by Gasteiger charge is 2.29. The van der Waals surface area contributed by atoms with E-state index in [1.165, 1.54) is 30.6 Å². The molecule has 1 saturated carbocycles. The van der Waals surface area contributed by atoms with Crippen LogP contribution in [0.5, 0.6) is 0 Å². The van der Waals surface area contributed by atoms with E-state index in [1.807, 2.05) is 52.7 Å². The summed E-state index contributed by atoms with van der Waals surface area (Å²) < 4.78 is 11.3. The van der Waals surface area contributed by atoms with Crippen LogP contribution >= 0.6 is 11.3 Å². The smallest absolute Gasteiger partial charge is 0.264 e. The lowest BCUT2D eigenvalue weighted by Gasteiger charge is -2.32. The predicted octanol–water partition coefficient (Wildman–Crippen LogP) is 5.46. The standard InChI is InChI=1S/C25H31N3O3S/c1-27(20-12-7-4-8-13-20)25-21(23(26-31-25)19-10-5-3-6-11-19)18-28(15-16-30-2)24(29)22-14-9-17-32-22/h3,5-6,9-11,14,17,20H,4,7-8,12-13,15-16,18H2,1-2H3. The van der Waals surface area contributed by atoms with Gasteiger partial charge in [-0.25, -0.2) is 0 Å². The molecule has 1 aliphatic rings. The van der Waals surface area contributed by atoms with Crippen molar-refractivity contribution in [3.63, 3.8) is 0 Å². The summed E-state index contributed by atoms with van der Waals surface area (Å²) in [5.41, 5.74) is 2.74. The fourth-order valence-electron chi connectivity index (χ4n) is 4.38. The molecule has 1 aromatic carbocycles. The van der Waals surface area contributed by atoms with E-state index in [1.54, 1.807) is 7.11 Å². The number of rotatable bonds is 9. The van der Waals surface area contributed by atoms with Crippen molar-refractivity contribution >= 4 is 23.1 Å². The van der Waals surface area contributed by atoms with Gasteiger partial charge < -0.3 is 19.1 Å². The summed E-state index contributed by atoms with van der Waals surface area (Å²) in [6.45, 7) is 1.39. The van der Waals surface area contributed by atoms with Crippen LogP contribution in [-0.2, 0) is 11.3 Å². The Balaban J connectivity index is 1.70. The highest BCUT2D eigenvalue weighted by molar-refractivity contribution is 7.12. The van der Waals surface area contributed by atoms with Crippen molar-refractivity contribution in [1.29, 1.82) is 0 Å². The molecule has 0 bridgehead atoms. The number of anilines is 1. The molecule has 170 valence electrons. The van der Waals surface area contributed by atoms with Crippen molar-refractivity contribution in [3.8, 4) is 11.3 Å². The van der Waals surface area contributed by atoms with Crippen LogP contribution in [-0.4, -0.2) is 49.3 Å². The molecule has 4 rings (SSSR count). The second kappa shape index (κ2) is 10.8. The number of amides is 1. The summed E-state index contributed by atoms with van der Waals surface area (Å²) in [5, 5.41) is 6.40. The van der Waals surface area contributed by atoms with Crippen molar-refractivity contribution in [2.24, 2.45) is 0 Å². The Morgan fingerprint density at radius 3 is 2.62 bits per heavy atom. The summed E-state index contributed by atoms with van der Waals surface area (Å²) in [7, 11) is 3.75. The molecule has 7 heteroatoms. The maximum absolute atomic E-state index is 13.3. The zero-order valence-corrected chi connectivity index (χ0v) is 19.6. The second-order valence-electron chi connectivity index (χ2n) is 8.28. The van der Waals surface area contributed by atoms with Gasteiger partial charge in [0.05, 0.1) is 23.6 Å². The van der Waals surface area contributed by atoms with Gasteiger partial charge in [0.25, 0.3) is 5.91 Å². The number of thiophene rings is 1. The number of nitrogens with zero attached hydrogens (tertiary/aromatic N) is 3. The number of carbonyl (C=O) groups is 1. The molecule has 32 heavy (non-hydrogen) atoms. The number of hydrogen-bond donors (Lipinski definition) is 0. The van der Waals surface area contributed by atoms with E-state index in [0.29, 0.717) is 25.7 Å². The zero-order valence-electron chi connectivity index (χ0n) is 18.8. The molecule has 0 N–H and O–H groups in total. The van der Waals surface area contributed by atoms with Crippen molar-refractivity contribution in [1.82, 2.24) is 10.1 Å². The Morgan fingerprint density at radius 2 is 1.94 bits per heavy atom. The first-order valence-corrected chi connectivity index (χ1v) is 12.2. The van der Waals surface area contributed by atoms with E-state index in [-0.39, 0.29) is 5.91 Å². The molecular formula is C25H31N3O3S. The lowest BCUT2D eigenvalue weighted by atomic mass is 9.94. The molecule has 3 aromatic rings. The Hall–Kier alpha value is -2.64. The first-order chi connectivity index (χ1) is 15.7. The SMILES string of the molecule is COCCN(Cc1c(-c2ccccc2)noc1N(C)C1CCCCC1)C(=O)c1cccs1. The molecule has 2 heterocycles. The lowest BCUT2D eigenvalue weighted by Crippen LogP contribution is -2.36. The fraction of sp³-hybridized carbons (Fsp3) is 0.440. The van der Waals surface area contributed by atoms with Gasteiger partial charge in [0, 0.05) is 32.3 Å². The van der Waals surface area contributed by atoms with E-state index in [9.17, 15) is 4.79 Å². The van der Waals surface area contributed by atoms with E-state index in [2.05, 4.69) is 17.1 Å². The van der Waals surface area contributed by atoms with Crippen LogP contribution < -0.4 is 4.90 Å². The first-order valence-electron chi connectivity index (χ1n) is 11.3. The van der Waals surface area contributed by atoms with Crippen LogP contribution in [0.1, 0.15) is 47.3 Å². The van der Waals surface area contributed by atoms with E-state index in [4.69, 9.17) is 9.26 Å². The van der Waals surface area contributed by atoms with Crippen molar-refractivity contribution in [2.45, 2.75) is 44.7 Å². The van der Waals surface area contributed by atoms with Crippen LogP contribution in [0.2, 0.25) is 0 Å². The van der Waals surface area contributed by atoms with Gasteiger partial charge in [-0.1, -0.05) is 60.8 Å². The van der Waals surface area contributed by atoms with Gasteiger partial charge in [-0.2, -0.15) is 0 Å². The predicted molar refractivity (Wildman–Crippen MR) is 128 cm³/mol. The molecule has 2 aromatic heterocycles. The van der Waals surface area contributed by atoms with Crippen molar-refractivity contribution in [3.05, 3.63) is 58.3 Å². The minimum Gasteiger partial charge on any atom is -0.383 e. The Labute approximate surface area is 193 Å². The lowest BCUT2D eigenvalue weighted by molar-refractivity contribution is 0.0685. The Morgan fingerprint density at radius 1 is 1.16 bits per heavy atom. The molecule has 1 fully saturated rings.